The maximum absolute atomic E-state index is 6.28. The molecule has 0 bridgehead atoms. The highest BCUT2D eigenvalue weighted by Crippen LogP contribution is 2.29. The van der Waals surface area contributed by atoms with Crippen molar-refractivity contribution in [2.75, 3.05) is 5.75 Å². The second-order valence-electron chi connectivity index (χ2n) is 4.80. The van der Waals surface area contributed by atoms with Crippen molar-refractivity contribution in [3.05, 3.63) is 65.2 Å². The molecule has 6 heteroatoms. The number of thioether (sulfide) groups is 1. The van der Waals surface area contributed by atoms with E-state index in [1.807, 2.05) is 54.6 Å². The van der Waals surface area contributed by atoms with Crippen LogP contribution in [-0.4, -0.2) is 26.3 Å². The van der Waals surface area contributed by atoms with E-state index in [0.717, 1.165) is 33.6 Å². The Balaban J connectivity index is 1.83. The molecule has 0 N–H and O–H groups in total. The minimum atomic E-state index is 0.708. The van der Waals surface area contributed by atoms with Crippen molar-refractivity contribution in [2.24, 2.45) is 5.10 Å². The molecule has 4 rings (SSSR count). The van der Waals surface area contributed by atoms with E-state index in [2.05, 4.69) is 10.2 Å². The average molecular weight is 327 g/mol. The molecule has 0 saturated carbocycles. The van der Waals surface area contributed by atoms with Crippen LogP contribution in [0, 0.1) is 0 Å². The predicted molar refractivity (Wildman–Crippen MR) is 89.6 cm³/mol. The second kappa shape index (κ2) is 5.59. The fraction of sp³-hybridized carbons (Fsp3) is 0.0625. The molecule has 1 aliphatic rings. The minimum Gasteiger partial charge on any atom is -0.187 e. The summed E-state index contributed by atoms with van der Waals surface area (Å²) in [6.45, 7) is 0. The van der Waals surface area contributed by atoms with E-state index < -0.39 is 0 Å². The molecule has 0 spiro atoms. The summed E-state index contributed by atoms with van der Waals surface area (Å²) in [7, 11) is 0. The highest BCUT2D eigenvalue weighted by Gasteiger charge is 2.21. The van der Waals surface area contributed by atoms with Crippen LogP contribution in [-0.2, 0) is 0 Å². The minimum absolute atomic E-state index is 0.708. The zero-order valence-electron chi connectivity index (χ0n) is 11.5. The van der Waals surface area contributed by atoms with E-state index in [1.165, 1.54) is 0 Å². The van der Waals surface area contributed by atoms with E-state index in [4.69, 9.17) is 16.7 Å². The first kappa shape index (κ1) is 13.5. The maximum Gasteiger partial charge on any atom is 0.212 e. The van der Waals surface area contributed by atoms with Gasteiger partial charge < -0.3 is 0 Å². The van der Waals surface area contributed by atoms with Crippen LogP contribution >= 0.6 is 23.4 Å². The van der Waals surface area contributed by atoms with Crippen molar-refractivity contribution in [3.8, 4) is 11.4 Å². The monoisotopic (exact) mass is 326 g/mol. The average Bonchev–Trinajstić information content (AvgIpc) is 2.99. The highest BCUT2D eigenvalue weighted by atomic mass is 35.5. The van der Waals surface area contributed by atoms with Gasteiger partial charge in [0.05, 0.1) is 5.71 Å². The van der Waals surface area contributed by atoms with Gasteiger partial charge in [0.15, 0.2) is 5.82 Å². The number of benzene rings is 2. The van der Waals surface area contributed by atoms with Gasteiger partial charge in [-0.1, -0.05) is 71.9 Å². The molecule has 0 fully saturated rings. The van der Waals surface area contributed by atoms with Gasteiger partial charge in [-0.15, -0.1) is 10.2 Å². The number of halogens is 1. The van der Waals surface area contributed by atoms with Crippen molar-refractivity contribution in [2.45, 2.75) is 5.16 Å². The van der Waals surface area contributed by atoms with Gasteiger partial charge in [0.25, 0.3) is 0 Å². The number of aromatic nitrogens is 3. The summed E-state index contributed by atoms with van der Waals surface area (Å²) in [5.74, 6) is 1.48. The summed E-state index contributed by atoms with van der Waals surface area (Å²) in [5.41, 5.74) is 2.88. The molecule has 0 radical (unpaired) electrons. The van der Waals surface area contributed by atoms with E-state index in [-0.39, 0.29) is 0 Å². The summed E-state index contributed by atoms with van der Waals surface area (Å²) in [6, 6.07) is 17.7. The van der Waals surface area contributed by atoms with Crippen molar-refractivity contribution < 1.29 is 0 Å². The van der Waals surface area contributed by atoms with Gasteiger partial charge >= 0.3 is 0 Å². The molecule has 22 heavy (non-hydrogen) atoms. The molecule has 2 aromatic carbocycles. The lowest BCUT2D eigenvalue weighted by Crippen LogP contribution is -2.14. The number of nitrogens with zero attached hydrogens (tertiary/aromatic N) is 4. The Morgan fingerprint density at radius 3 is 2.55 bits per heavy atom. The van der Waals surface area contributed by atoms with E-state index >= 15 is 0 Å². The zero-order chi connectivity index (χ0) is 14.9. The number of fused-ring (bicyclic) bond motifs is 1. The number of hydrogen-bond acceptors (Lipinski definition) is 4. The summed E-state index contributed by atoms with van der Waals surface area (Å²) >= 11 is 7.90. The molecule has 0 atom stereocenters. The van der Waals surface area contributed by atoms with Crippen LogP contribution in [0.25, 0.3) is 11.4 Å². The van der Waals surface area contributed by atoms with Crippen LogP contribution in [0.2, 0.25) is 5.02 Å². The first-order valence-corrected chi connectivity index (χ1v) is 8.15. The summed E-state index contributed by atoms with van der Waals surface area (Å²) in [5, 5.41) is 14.7. The summed E-state index contributed by atoms with van der Waals surface area (Å²) in [6.07, 6.45) is 0. The molecule has 1 aromatic heterocycles. The second-order valence-corrected chi connectivity index (χ2v) is 6.15. The van der Waals surface area contributed by atoms with Crippen molar-refractivity contribution in [1.29, 1.82) is 0 Å². The Labute approximate surface area is 136 Å². The molecule has 3 aromatic rings. The predicted octanol–water partition coefficient (Wildman–Crippen LogP) is 3.96. The topological polar surface area (TPSA) is 43.1 Å². The van der Waals surface area contributed by atoms with Crippen molar-refractivity contribution in [3.63, 3.8) is 0 Å². The smallest absolute Gasteiger partial charge is 0.187 e. The molecule has 0 amide bonds. The standard InChI is InChI=1S/C16H11ClN4S/c17-13-9-5-4-8-12(13)14-10-22-16-19-18-15(21(16)20-14)11-6-2-1-3-7-11/h1-9H,10H2. The molecule has 1 aliphatic heterocycles. The Morgan fingerprint density at radius 1 is 0.955 bits per heavy atom. The molecule has 2 heterocycles. The third-order valence-corrected chi connectivity index (χ3v) is 4.65. The summed E-state index contributed by atoms with van der Waals surface area (Å²) in [4.78, 5) is 0. The quantitative estimate of drug-likeness (QED) is 0.716. The van der Waals surface area contributed by atoms with Crippen LogP contribution in [0.3, 0.4) is 0 Å². The van der Waals surface area contributed by atoms with Gasteiger partial charge in [0.1, 0.15) is 0 Å². The highest BCUT2D eigenvalue weighted by molar-refractivity contribution is 7.99. The van der Waals surface area contributed by atoms with Gasteiger partial charge in [-0.2, -0.15) is 9.78 Å². The lowest BCUT2D eigenvalue weighted by atomic mass is 10.1. The number of rotatable bonds is 2. The van der Waals surface area contributed by atoms with Crippen LogP contribution < -0.4 is 0 Å². The largest absolute Gasteiger partial charge is 0.212 e. The lowest BCUT2D eigenvalue weighted by molar-refractivity contribution is 0.762. The first-order valence-electron chi connectivity index (χ1n) is 6.79. The molecule has 0 saturated heterocycles. The molecule has 108 valence electrons. The molecular formula is C16H11ClN4S. The van der Waals surface area contributed by atoms with Crippen LogP contribution in [0.5, 0.6) is 0 Å². The number of hydrogen-bond donors (Lipinski definition) is 0. The van der Waals surface area contributed by atoms with Gasteiger partial charge in [0.2, 0.25) is 5.16 Å². The molecule has 0 aliphatic carbocycles. The van der Waals surface area contributed by atoms with Crippen LogP contribution in [0.15, 0.2) is 64.9 Å². The molecular weight excluding hydrogens is 316 g/mol. The third-order valence-electron chi connectivity index (χ3n) is 3.39. The van der Waals surface area contributed by atoms with Gasteiger partial charge in [-0.3, -0.25) is 0 Å². The SMILES string of the molecule is Clc1ccccc1C1=Nn2c(nnc2-c2ccccc2)SC1. The van der Waals surface area contributed by atoms with E-state index in [0.29, 0.717) is 5.02 Å². The Morgan fingerprint density at radius 2 is 1.73 bits per heavy atom. The Hall–Kier alpha value is -2.11. The lowest BCUT2D eigenvalue weighted by Gasteiger charge is -2.14. The maximum atomic E-state index is 6.28. The van der Waals surface area contributed by atoms with Crippen molar-refractivity contribution in [1.82, 2.24) is 14.9 Å². The van der Waals surface area contributed by atoms with E-state index in [9.17, 15) is 0 Å². The van der Waals surface area contributed by atoms with Gasteiger partial charge in [0, 0.05) is 21.9 Å². The fourth-order valence-electron chi connectivity index (χ4n) is 2.32. The zero-order valence-corrected chi connectivity index (χ0v) is 13.1. The normalized spacial score (nSPS) is 13.6. The molecule has 0 unspecified atom stereocenters. The first-order chi connectivity index (χ1) is 10.8. The van der Waals surface area contributed by atoms with Crippen LogP contribution in [0.1, 0.15) is 5.56 Å². The Kier molecular flexibility index (Phi) is 3.44. The van der Waals surface area contributed by atoms with Crippen molar-refractivity contribution >= 4 is 29.1 Å². The van der Waals surface area contributed by atoms with Gasteiger partial charge in [-0.25, -0.2) is 0 Å². The van der Waals surface area contributed by atoms with Gasteiger partial charge in [-0.05, 0) is 6.07 Å². The Bertz CT molecular complexity index is 858. The third kappa shape index (κ3) is 2.32. The van der Waals surface area contributed by atoms with E-state index in [1.54, 1.807) is 16.4 Å². The summed E-state index contributed by atoms with van der Waals surface area (Å²) < 4.78 is 1.79. The molecule has 4 nitrogen and oxygen atoms in total. The fourth-order valence-corrected chi connectivity index (χ4v) is 3.39. The van der Waals surface area contributed by atoms with Crippen LogP contribution in [0.4, 0.5) is 0 Å².